The Labute approximate surface area is 210 Å². The van der Waals surface area contributed by atoms with E-state index in [0.29, 0.717) is 34.0 Å². The average molecular weight is 493 g/mol. The van der Waals surface area contributed by atoms with Crippen LogP contribution in [-0.2, 0) is 22.4 Å². The first-order valence-corrected chi connectivity index (χ1v) is 12.1. The molecule has 1 saturated heterocycles. The van der Waals surface area contributed by atoms with Crippen LogP contribution in [0.4, 0.5) is 0 Å². The summed E-state index contributed by atoms with van der Waals surface area (Å²) in [5.41, 5.74) is 3.59. The molecule has 0 bridgehead atoms. The second-order valence-corrected chi connectivity index (χ2v) is 8.84. The van der Waals surface area contributed by atoms with Gasteiger partial charge in [-0.2, -0.15) is 0 Å². The lowest BCUT2D eigenvalue weighted by molar-refractivity contribution is 0.0384. The summed E-state index contributed by atoms with van der Waals surface area (Å²) in [4.78, 5) is 27.6. The third-order valence-electron chi connectivity index (χ3n) is 6.12. The molecule has 0 spiro atoms. The Balaban J connectivity index is 1.40. The molecule has 3 aromatic rings. The normalized spacial score (nSPS) is 14.3. The molecule has 0 aliphatic carbocycles. The highest BCUT2D eigenvalue weighted by Crippen LogP contribution is 2.19. The van der Waals surface area contributed by atoms with Gasteiger partial charge in [0.25, 0.3) is 0 Å². The van der Waals surface area contributed by atoms with Gasteiger partial charge in [0.05, 0.1) is 31.6 Å². The first-order chi connectivity index (χ1) is 17.0. The molecular weight excluding hydrogens is 464 g/mol. The van der Waals surface area contributed by atoms with E-state index < -0.39 is 5.97 Å². The van der Waals surface area contributed by atoms with Crippen molar-refractivity contribution in [3.05, 3.63) is 99.8 Å². The van der Waals surface area contributed by atoms with Gasteiger partial charge in [0.2, 0.25) is 5.78 Å². The average Bonchev–Trinajstić information content (AvgIpc) is 3.37. The molecule has 1 aliphatic rings. The molecule has 35 heavy (non-hydrogen) atoms. The summed E-state index contributed by atoms with van der Waals surface area (Å²) in [5, 5.41) is 0.466. The monoisotopic (exact) mass is 492 g/mol. The van der Waals surface area contributed by atoms with Crippen molar-refractivity contribution in [2.75, 3.05) is 40.0 Å². The summed E-state index contributed by atoms with van der Waals surface area (Å²) in [6.07, 6.45) is 6.56. The van der Waals surface area contributed by atoms with Crippen LogP contribution in [0.5, 0.6) is 0 Å². The van der Waals surface area contributed by atoms with Crippen LogP contribution in [0.15, 0.2) is 66.9 Å². The van der Waals surface area contributed by atoms with Gasteiger partial charge < -0.3 is 14.0 Å². The van der Waals surface area contributed by atoms with Crippen molar-refractivity contribution in [1.29, 1.82) is 0 Å². The molecule has 6 nitrogen and oxygen atoms in total. The number of ketones is 1. The fraction of sp³-hybridized carbons (Fsp3) is 0.286. The molecule has 1 aliphatic heterocycles. The van der Waals surface area contributed by atoms with Crippen molar-refractivity contribution in [3.63, 3.8) is 0 Å². The Kier molecular flexibility index (Phi) is 8.53. The van der Waals surface area contributed by atoms with Gasteiger partial charge >= 0.3 is 5.97 Å². The lowest BCUT2D eigenvalue weighted by Crippen LogP contribution is -2.37. The van der Waals surface area contributed by atoms with Crippen molar-refractivity contribution in [2.24, 2.45) is 0 Å². The Morgan fingerprint density at radius 1 is 1.09 bits per heavy atom. The van der Waals surface area contributed by atoms with E-state index in [1.54, 1.807) is 18.2 Å². The number of ether oxygens (including phenoxy) is 2. The van der Waals surface area contributed by atoms with Crippen molar-refractivity contribution < 1.29 is 19.1 Å². The number of nitrogens with zero attached hydrogens (tertiary/aromatic N) is 2. The number of methoxy groups -OCH3 is 1. The van der Waals surface area contributed by atoms with Crippen LogP contribution in [0.1, 0.15) is 37.5 Å². The summed E-state index contributed by atoms with van der Waals surface area (Å²) in [5.74, 6) is -0.470. The van der Waals surface area contributed by atoms with Gasteiger partial charge in [0, 0.05) is 43.0 Å². The number of allylic oxidation sites excluding steroid dienone is 1. The van der Waals surface area contributed by atoms with Crippen molar-refractivity contribution >= 4 is 29.4 Å². The number of hydrogen-bond donors (Lipinski definition) is 0. The van der Waals surface area contributed by atoms with Crippen molar-refractivity contribution in [1.82, 2.24) is 9.47 Å². The zero-order valence-electron chi connectivity index (χ0n) is 19.8. The molecule has 0 saturated carbocycles. The Morgan fingerprint density at radius 2 is 1.86 bits per heavy atom. The molecule has 4 rings (SSSR count). The highest BCUT2D eigenvalue weighted by molar-refractivity contribution is 6.31. The van der Waals surface area contributed by atoms with Gasteiger partial charge in [-0.3, -0.25) is 9.69 Å². The Morgan fingerprint density at radius 3 is 2.60 bits per heavy atom. The number of benzene rings is 2. The SMILES string of the molecule is COC(=O)c1cc(Cl)ccc1C=CCn1cccc1C(=O)c1ccc(CCN2CCOCC2)cc1. The maximum Gasteiger partial charge on any atom is 0.338 e. The van der Waals surface area contributed by atoms with Crippen molar-refractivity contribution in [2.45, 2.75) is 13.0 Å². The van der Waals surface area contributed by atoms with Crippen LogP contribution in [0.25, 0.3) is 6.08 Å². The maximum atomic E-state index is 13.2. The van der Waals surface area contributed by atoms with Gasteiger partial charge in [0.1, 0.15) is 0 Å². The highest BCUT2D eigenvalue weighted by Gasteiger charge is 2.14. The van der Waals surface area contributed by atoms with Crippen LogP contribution in [0.3, 0.4) is 0 Å². The molecule has 2 heterocycles. The molecule has 0 radical (unpaired) electrons. The van der Waals surface area contributed by atoms with E-state index >= 15 is 0 Å². The van der Waals surface area contributed by atoms with E-state index in [2.05, 4.69) is 4.90 Å². The maximum absolute atomic E-state index is 13.2. The number of rotatable bonds is 9. The lowest BCUT2D eigenvalue weighted by Gasteiger charge is -2.26. The number of aromatic nitrogens is 1. The van der Waals surface area contributed by atoms with E-state index in [4.69, 9.17) is 21.1 Å². The third kappa shape index (κ3) is 6.48. The summed E-state index contributed by atoms with van der Waals surface area (Å²) in [6.45, 7) is 5.03. The first-order valence-electron chi connectivity index (χ1n) is 11.7. The van der Waals surface area contributed by atoms with Crippen LogP contribution in [0.2, 0.25) is 5.02 Å². The third-order valence-corrected chi connectivity index (χ3v) is 6.35. The van der Waals surface area contributed by atoms with Crippen LogP contribution in [0, 0.1) is 0 Å². The Bertz CT molecular complexity index is 1190. The quantitative estimate of drug-likeness (QED) is 0.319. The molecule has 2 aromatic carbocycles. The molecule has 7 heteroatoms. The largest absolute Gasteiger partial charge is 0.465 e. The van der Waals surface area contributed by atoms with Gasteiger partial charge in [-0.05, 0) is 41.8 Å². The number of carbonyl (C=O) groups excluding carboxylic acids is 2. The van der Waals surface area contributed by atoms with E-state index in [-0.39, 0.29) is 5.78 Å². The molecule has 1 aromatic heterocycles. The van der Waals surface area contributed by atoms with Gasteiger partial charge in [-0.15, -0.1) is 0 Å². The van der Waals surface area contributed by atoms with E-state index in [0.717, 1.165) is 39.3 Å². The lowest BCUT2D eigenvalue weighted by atomic mass is 10.0. The fourth-order valence-electron chi connectivity index (χ4n) is 4.12. The Hall–Kier alpha value is -3.19. The summed E-state index contributed by atoms with van der Waals surface area (Å²) in [7, 11) is 1.34. The van der Waals surface area contributed by atoms with Crippen LogP contribution < -0.4 is 0 Å². The zero-order chi connectivity index (χ0) is 24.6. The van der Waals surface area contributed by atoms with Crippen LogP contribution in [-0.4, -0.2) is 61.2 Å². The van der Waals surface area contributed by atoms with E-state index in [1.807, 2.05) is 59.3 Å². The minimum Gasteiger partial charge on any atom is -0.465 e. The summed E-state index contributed by atoms with van der Waals surface area (Å²) in [6, 6.07) is 16.6. The molecule has 1 fully saturated rings. The minimum absolute atomic E-state index is 0.0233. The smallest absolute Gasteiger partial charge is 0.338 e. The van der Waals surface area contributed by atoms with Crippen LogP contribution >= 0.6 is 11.6 Å². The molecule has 0 unspecified atom stereocenters. The number of morpholine rings is 1. The predicted octanol–water partition coefficient (Wildman–Crippen LogP) is 4.75. The molecule has 0 N–H and O–H groups in total. The van der Waals surface area contributed by atoms with Gasteiger partial charge in [-0.25, -0.2) is 4.79 Å². The van der Waals surface area contributed by atoms with Crippen molar-refractivity contribution in [3.8, 4) is 0 Å². The molecule has 0 amide bonds. The number of carbonyl (C=O) groups is 2. The van der Waals surface area contributed by atoms with Gasteiger partial charge in [0.15, 0.2) is 0 Å². The number of hydrogen-bond acceptors (Lipinski definition) is 5. The topological polar surface area (TPSA) is 60.8 Å². The molecule has 182 valence electrons. The minimum atomic E-state index is -0.447. The van der Waals surface area contributed by atoms with Gasteiger partial charge in [-0.1, -0.05) is 54.1 Å². The highest BCUT2D eigenvalue weighted by atomic mass is 35.5. The number of esters is 1. The summed E-state index contributed by atoms with van der Waals surface area (Å²) < 4.78 is 12.1. The summed E-state index contributed by atoms with van der Waals surface area (Å²) >= 11 is 6.03. The second-order valence-electron chi connectivity index (χ2n) is 8.40. The fourth-order valence-corrected chi connectivity index (χ4v) is 4.29. The zero-order valence-corrected chi connectivity index (χ0v) is 20.5. The number of halogens is 1. The molecular formula is C28H29ClN2O4. The second kappa shape index (κ2) is 12.0. The molecule has 0 atom stereocenters. The van der Waals surface area contributed by atoms with E-state index in [1.165, 1.54) is 12.7 Å². The van der Waals surface area contributed by atoms with E-state index in [9.17, 15) is 9.59 Å². The predicted molar refractivity (Wildman–Crippen MR) is 137 cm³/mol. The first kappa shape index (κ1) is 24.9. The standard InChI is InChI=1S/C28H29ClN2O4/c1-34-28(33)25-20-24(29)11-10-22(25)4-2-13-31-14-3-5-26(31)27(32)23-8-6-21(7-9-23)12-15-30-16-18-35-19-17-30/h2-11,14,20H,12-13,15-19H2,1H3.